The Kier molecular flexibility index (Phi) is 4.94. The molecule has 0 aliphatic carbocycles. The third kappa shape index (κ3) is 3.71. The SMILES string of the molecule is O=C1C(=Cc2cc(Br)ccc2F)SC(=S)N1Cc1ccccc1. The average Bonchev–Trinajstić information content (AvgIpc) is 2.80. The predicted octanol–water partition coefficient (Wildman–Crippen LogP) is 4.99. The van der Waals surface area contributed by atoms with Crippen molar-refractivity contribution >= 4 is 56.2 Å². The molecule has 0 atom stereocenters. The molecule has 2 aromatic carbocycles. The minimum absolute atomic E-state index is 0.191. The van der Waals surface area contributed by atoms with Gasteiger partial charge in [0.15, 0.2) is 0 Å². The van der Waals surface area contributed by atoms with E-state index in [-0.39, 0.29) is 11.7 Å². The van der Waals surface area contributed by atoms with Crippen LogP contribution in [0.3, 0.4) is 0 Å². The number of thiocarbonyl (C=S) groups is 1. The molecule has 1 aliphatic heterocycles. The second-order valence-electron chi connectivity index (χ2n) is 4.92. The van der Waals surface area contributed by atoms with Gasteiger partial charge in [0.05, 0.1) is 11.4 Å². The molecule has 0 saturated carbocycles. The number of carbonyl (C=O) groups is 1. The number of benzene rings is 2. The molecule has 0 radical (unpaired) electrons. The summed E-state index contributed by atoms with van der Waals surface area (Å²) in [5.41, 5.74) is 1.36. The summed E-state index contributed by atoms with van der Waals surface area (Å²) >= 11 is 9.80. The molecule has 1 amide bonds. The fraction of sp³-hybridized carbons (Fsp3) is 0.0588. The summed E-state index contributed by atoms with van der Waals surface area (Å²) in [7, 11) is 0. The van der Waals surface area contributed by atoms with Crippen LogP contribution in [0.4, 0.5) is 4.39 Å². The Morgan fingerprint density at radius 2 is 1.96 bits per heavy atom. The molecule has 1 aliphatic rings. The van der Waals surface area contributed by atoms with Crippen LogP contribution in [0.5, 0.6) is 0 Å². The lowest BCUT2D eigenvalue weighted by atomic mass is 10.2. The van der Waals surface area contributed by atoms with Crippen LogP contribution in [0.2, 0.25) is 0 Å². The second-order valence-corrected chi connectivity index (χ2v) is 7.51. The molecule has 1 fully saturated rings. The molecular weight excluding hydrogens is 397 g/mol. The van der Waals surface area contributed by atoms with Crippen molar-refractivity contribution in [2.45, 2.75) is 6.54 Å². The topological polar surface area (TPSA) is 20.3 Å². The average molecular weight is 408 g/mol. The molecule has 116 valence electrons. The molecule has 0 aromatic heterocycles. The lowest BCUT2D eigenvalue weighted by Gasteiger charge is -2.14. The summed E-state index contributed by atoms with van der Waals surface area (Å²) < 4.78 is 15.1. The van der Waals surface area contributed by atoms with Crippen LogP contribution in [0.15, 0.2) is 57.9 Å². The van der Waals surface area contributed by atoms with Crippen LogP contribution in [0.25, 0.3) is 6.08 Å². The van der Waals surface area contributed by atoms with Crippen LogP contribution >= 0.6 is 39.9 Å². The lowest BCUT2D eigenvalue weighted by Crippen LogP contribution is -2.27. The van der Waals surface area contributed by atoms with E-state index in [9.17, 15) is 9.18 Å². The molecule has 1 heterocycles. The van der Waals surface area contributed by atoms with E-state index in [1.54, 1.807) is 18.2 Å². The normalized spacial score (nSPS) is 16.4. The van der Waals surface area contributed by atoms with Crippen molar-refractivity contribution in [1.29, 1.82) is 0 Å². The molecule has 0 spiro atoms. The Bertz CT molecular complexity index is 807. The summed E-state index contributed by atoms with van der Waals surface area (Å²) in [4.78, 5) is 14.5. The first-order valence-electron chi connectivity index (χ1n) is 6.79. The summed E-state index contributed by atoms with van der Waals surface area (Å²) in [6, 6.07) is 14.3. The molecule has 0 unspecified atom stereocenters. The van der Waals surface area contributed by atoms with Gasteiger partial charge in [0.1, 0.15) is 10.1 Å². The van der Waals surface area contributed by atoms with E-state index in [1.165, 1.54) is 22.7 Å². The van der Waals surface area contributed by atoms with Crippen molar-refractivity contribution in [2.24, 2.45) is 0 Å². The Balaban J connectivity index is 1.86. The molecule has 3 rings (SSSR count). The number of hydrogen-bond donors (Lipinski definition) is 0. The monoisotopic (exact) mass is 407 g/mol. The van der Waals surface area contributed by atoms with E-state index in [0.717, 1.165) is 10.0 Å². The molecule has 0 bridgehead atoms. The zero-order valence-electron chi connectivity index (χ0n) is 11.8. The van der Waals surface area contributed by atoms with Gasteiger partial charge in [-0.3, -0.25) is 9.69 Å². The van der Waals surface area contributed by atoms with Gasteiger partial charge in [-0.15, -0.1) is 0 Å². The molecule has 23 heavy (non-hydrogen) atoms. The van der Waals surface area contributed by atoms with Gasteiger partial charge < -0.3 is 0 Å². The predicted molar refractivity (Wildman–Crippen MR) is 99.3 cm³/mol. The van der Waals surface area contributed by atoms with Gasteiger partial charge in [-0.05, 0) is 29.8 Å². The van der Waals surface area contributed by atoms with E-state index in [0.29, 0.717) is 21.3 Å². The number of rotatable bonds is 3. The molecular formula is C17H11BrFNOS2. The second kappa shape index (κ2) is 6.95. The quantitative estimate of drug-likeness (QED) is 0.527. The van der Waals surface area contributed by atoms with Gasteiger partial charge in [-0.2, -0.15) is 0 Å². The molecule has 0 N–H and O–H groups in total. The summed E-state index contributed by atoms with van der Waals surface area (Å²) in [5, 5.41) is 0. The molecule has 6 heteroatoms. The van der Waals surface area contributed by atoms with Crippen molar-refractivity contribution < 1.29 is 9.18 Å². The van der Waals surface area contributed by atoms with Gasteiger partial charge >= 0.3 is 0 Å². The third-order valence-corrected chi connectivity index (χ3v) is 5.17. The number of carbonyl (C=O) groups excluding carboxylic acids is 1. The van der Waals surface area contributed by atoms with E-state index in [1.807, 2.05) is 30.3 Å². The first-order chi connectivity index (χ1) is 11.0. The summed E-state index contributed by atoms with van der Waals surface area (Å²) in [6.45, 7) is 0.420. The molecule has 2 aromatic rings. The fourth-order valence-electron chi connectivity index (χ4n) is 2.17. The Hall–Kier alpha value is -1.50. The van der Waals surface area contributed by atoms with Crippen LogP contribution < -0.4 is 0 Å². The van der Waals surface area contributed by atoms with Crippen LogP contribution in [-0.2, 0) is 11.3 Å². The number of amides is 1. The highest BCUT2D eigenvalue weighted by atomic mass is 79.9. The Morgan fingerprint density at radius 3 is 2.70 bits per heavy atom. The van der Waals surface area contributed by atoms with Crippen molar-refractivity contribution in [2.75, 3.05) is 0 Å². The maximum atomic E-state index is 13.9. The standard InChI is InChI=1S/C17H11BrFNOS2/c18-13-6-7-14(19)12(8-13)9-15-16(21)20(17(22)23-15)10-11-4-2-1-3-5-11/h1-9H,10H2. The zero-order chi connectivity index (χ0) is 16.4. The maximum Gasteiger partial charge on any atom is 0.266 e. The largest absolute Gasteiger partial charge is 0.288 e. The van der Waals surface area contributed by atoms with E-state index in [2.05, 4.69) is 15.9 Å². The highest BCUT2D eigenvalue weighted by molar-refractivity contribution is 9.10. The Labute approximate surface area is 151 Å². The van der Waals surface area contributed by atoms with Gasteiger partial charge in [-0.1, -0.05) is 70.2 Å². The molecule has 1 saturated heterocycles. The van der Waals surface area contributed by atoms with E-state index in [4.69, 9.17) is 12.2 Å². The van der Waals surface area contributed by atoms with Crippen molar-refractivity contribution in [3.8, 4) is 0 Å². The minimum Gasteiger partial charge on any atom is -0.288 e. The van der Waals surface area contributed by atoms with Crippen molar-refractivity contribution in [3.05, 3.63) is 74.9 Å². The van der Waals surface area contributed by atoms with Crippen molar-refractivity contribution in [1.82, 2.24) is 4.90 Å². The van der Waals surface area contributed by atoms with Crippen molar-refractivity contribution in [3.63, 3.8) is 0 Å². The van der Waals surface area contributed by atoms with Crippen LogP contribution in [0.1, 0.15) is 11.1 Å². The number of hydrogen-bond acceptors (Lipinski definition) is 3. The third-order valence-electron chi connectivity index (χ3n) is 3.30. The van der Waals surface area contributed by atoms with E-state index >= 15 is 0 Å². The number of halogens is 2. The number of thioether (sulfide) groups is 1. The first kappa shape index (κ1) is 16.4. The number of nitrogens with zero attached hydrogens (tertiary/aromatic N) is 1. The van der Waals surface area contributed by atoms with Gasteiger partial charge in [0, 0.05) is 10.0 Å². The Morgan fingerprint density at radius 1 is 1.22 bits per heavy atom. The van der Waals surface area contributed by atoms with E-state index < -0.39 is 0 Å². The highest BCUT2D eigenvalue weighted by Gasteiger charge is 2.32. The van der Waals surface area contributed by atoms with Gasteiger partial charge in [-0.25, -0.2) is 4.39 Å². The van der Waals surface area contributed by atoms with Crippen LogP contribution in [0, 0.1) is 5.82 Å². The minimum atomic E-state index is -0.374. The first-order valence-corrected chi connectivity index (χ1v) is 8.81. The fourth-order valence-corrected chi connectivity index (χ4v) is 3.79. The summed E-state index contributed by atoms with van der Waals surface area (Å²) in [5.74, 6) is -0.565. The summed E-state index contributed by atoms with van der Waals surface area (Å²) in [6.07, 6.45) is 1.55. The zero-order valence-corrected chi connectivity index (χ0v) is 15.1. The van der Waals surface area contributed by atoms with Gasteiger partial charge in [0.2, 0.25) is 0 Å². The maximum absolute atomic E-state index is 13.9. The smallest absolute Gasteiger partial charge is 0.266 e. The lowest BCUT2D eigenvalue weighted by molar-refractivity contribution is -0.122. The van der Waals surface area contributed by atoms with Gasteiger partial charge in [0.25, 0.3) is 5.91 Å². The molecule has 2 nitrogen and oxygen atoms in total. The van der Waals surface area contributed by atoms with Crippen LogP contribution in [-0.4, -0.2) is 15.1 Å². The highest BCUT2D eigenvalue weighted by Crippen LogP contribution is 2.34.